The Morgan fingerprint density at radius 1 is 1.02 bits per heavy atom. The quantitative estimate of drug-likeness (QED) is 0.161. The first-order valence-corrected chi connectivity index (χ1v) is 13.5. The zero-order valence-corrected chi connectivity index (χ0v) is 25.0. The molecule has 4 rings (SSSR count). The Morgan fingerprint density at radius 2 is 1.73 bits per heavy atom. The van der Waals surface area contributed by atoms with Crippen LogP contribution < -0.4 is 25.4 Å². The van der Waals surface area contributed by atoms with E-state index in [4.69, 9.17) is 24.4 Å². The molecular weight excluding hydrogens is 648 g/mol. The van der Waals surface area contributed by atoms with Gasteiger partial charge in [-0.05, 0) is 100 Å². The second-order valence-electron chi connectivity index (χ2n) is 8.58. The smallest absolute Gasteiger partial charge is 0.307 e. The van der Waals surface area contributed by atoms with Gasteiger partial charge in [-0.25, -0.2) is 5.43 Å². The Morgan fingerprint density at radius 3 is 2.38 bits per heavy atom. The summed E-state index contributed by atoms with van der Waals surface area (Å²) >= 11 is 6.84. The van der Waals surface area contributed by atoms with E-state index < -0.39 is 11.8 Å². The predicted molar refractivity (Wildman–Crippen MR) is 156 cm³/mol. The van der Waals surface area contributed by atoms with E-state index in [0.29, 0.717) is 37.5 Å². The number of carbonyl (C=O) groups is 2. The van der Waals surface area contributed by atoms with Gasteiger partial charge in [-0.15, -0.1) is 0 Å². The average Bonchev–Trinajstić information content (AvgIpc) is 3.55. The monoisotopic (exact) mass is 672 g/mol. The van der Waals surface area contributed by atoms with Gasteiger partial charge in [-0.3, -0.25) is 9.59 Å². The van der Waals surface area contributed by atoms with Gasteiger partial charge in [-0.2, -0.15) is 5.10 Å². The van der Waals surface area contributed by atoms with Crippen molar-refractivity contribution in [2.24, 2.45) is 10.8 Å². The van der Waals surface area contributed by atoms with Gasteiger partial charge in [0.1, 0.15) is 18.1 Å². The van der Waals surface area contributed by atoms with E-state index in [2.05, 4.69) is 72.9 Å². The predicted octanol–water partition coefficient (Wildman–Crippen LogP) is 5.43. The topological polar surface area (TPSA) is 130 Å². The summed E-state index contributed by atoms with van der Waals surface area (Å²) in [6, 6.07) is 16.7. The molecule has 0 fully saturated rings. The molecule has 2 heterocycles. The first-order valence-electron chi connectivity index (χ1n) is 11.9. The van der Waals surface area contributed by atoms with E-state index in [9.17, 15) is 9.59 Å². The number of methoxy groups -OCH3 is 1. The maximum Gasteiger partial charge on any atom is 0.307 e. The van der Waals surface area contributed by atoms with Crippen LogP contribution in [0.3, 0.4) is 0 Å². The molecule has 0 aliphatic heterocycles. The van der Waals surface area contributed by atoms with E-state index in [-0.39, 0.29) is 19.0 Å². The largest absolute Gasteiger partial charge is 0.493 e. The molecule has 208 valence electrons. The lowest BCUT2D eigenvalue weighted by molar-refractivity contribution is -0.119. The molecule has 0 bridgehead atoms. The van der Waals surface area contributed by atoms with Crippen LogP contribution in [0.5, 0.6) is 17.2 Å². The van der Waals surface area contributed by atoms with Crippen LogP contribution in [0.4, 0.5) is 0 Å². The fourth-order valence-electron chi connectivity index (χ4n) is 3.84. The standard InChI is InChI=1S/C28H26Br2N4O6/c1-16-4-5-17(2)34(16)19-6-8-20(9-7-19)38-14-21-10-11-22(40-21)28(36)33-32-13-18-12-23(37-3)27(26(30)25(18)29)39-15-24(31)35/h4-13H,14-15H2,1-3H3,(H2,31,35)(H,33,36)/b32-13+. The van der Waals surface area contributed by atoms with Crippen molar-refractivity contribution in [2.75, 3.05) is 13.7 Å². The molecule has 0 aliphatic rings. The maximum atomic E-state index is 12.5. The molecule has 3 N–H and O–H groups in total. The second kappa shape index (κ2) is 12.9. The minimum absolute atomic E-state index is 0.0812. The van der Waals surface area contributed by atoms with Gasteiger partial charge in [-0.1, -0.05) is 0 Å². The van der Waals surface area contributed by atoms with Crippen LogP contribution in [0, 0.1) is 13.8 Å². The molecule has 0 radical (unpaired) electrons. The summed E-state index contributed by atoms with van der Waals surface area (Å²) in [6.07, 6.45) is 1.42. The highest BCUT2D eigenvalue weighted by atomic mass is 79.9. The van der Waals surface area contributed by atoms with Crippen molar-refractivity contribution in [1.82, 2.24) is 9.99 Å². The number of aromatic nitrogens is 1. The third kappa shape index (κ3) is 6.75. The molecule has 2 aromatic carbocycles. The summed E-state index contributed by atoms with van der Waals surface area (Å²) in [6.45, 7) is 3.96. The minimum atomic E-state index is -0.626. The SMILES string of the molecule is COc1cc(/C=N/NC(=O)c2ccc(COc3ccc(-n4c(C)ccc4C)cc3)o2)c(Br)c(Br)c1OCC(N)=O. The van der Waals surface area contributed by atoms with Gasteiger partial charge >= 0.3 is 5.91 Å². The van der Waals surface area contributed by atoms with Crippen molar-refractivity contribution in [3.05, 3.63) is 92.0 Å². The Hall–Kier alpha value is -4.03. The average molecular weight is 674 g/mol. The van der Waals surface area contributed by atoms with Gasteiger partial charge in [0, 0.05) is 27.1 Å². The highest BCUT2D eigenvalue weighted by Gasteiger charge is 2.17. The fraction of sp³-hybridized carbons (Fsp3) is 0.179. The lowest BCUT2D eigenvalue weighted by atomic mass is 10.2. The number of aryl methyl sites for hydroxylation is 2. The number of ether oxygens (including phenoxy) is 3. The number of halogens is 2. The number of benzene rings is 2. The van der Waals surface area contributed by atoms with Crippen LogP contribution in [-0.2, 0) is 11.4 Å². The number of nitrogens with zero attached hydrogens (tertiary/aromatic N) is 2. The molecule has 4 aromatic rings. The number of rotatable bonds is 11. The highest BCUT2D eigenvalue weighted by molar-refractivity contribution is 9.13. The lowest BCUT2D eigenvalue weighted by Crippen LogP contribution is -2.20. The van der Waals surface area contributed by atoms with E-state index in [0.717, 1.165) is 17.1 Å². The van der Waals surface area contributed by atoms with Crippen LogP contribution in [0.25, 0.3) is 5.69 Å². The van der Waals surface area contributed by atoms with Gasteiger partial charge in [0.2, 0.25) is 0 Å². The number of nitrogens with two attached hydrogens (primary N) is 1. The first-order chi connectivity index (χ1) is 19.2. The molecule has 2 aromatic heterocycles. The Bertz CT molecular complexity index is 1540. The van der Waals surface area contributed by atoms with Crippen LogP contribution in [0.2, 0.25) is 0 Å². The molecular formula is C28H26Br2N4O6. The van der Waals surface area contributed by atoms with E-state index >= 15 is 0 Å². The van der Waals surface area contributed by atoms with Crippen LogP contribution in [0.15, 0.2) is 73.1 Å². The molecule has 2 amide bonds. The van der Waals surface area contributed by atoms with Crippen molar-refractivity contribution in [3.8, 4) is 22.9 Å². The second-order valence-corrected chi connectivity index (χ2v) is 10.2. The molecule has 12 heteroatoms. The lowest BCUT2D eigenvalue weighted by Gasteiger charge is -2.14. The van der Waals surface area contributed by atoms with Crippen molar-refractivity contribution in [2.45, 2.75) is 20.5 Å². The number of hydrogen-bond acceptors (Lipinski definition) is 7. The van der Waals surface area contributed by atoms with Gasteiger partial charge < -0.3 is 28.9 Å². The van der Waals surface area contributed by atoms with Crippen molar-refractivity contribution in [3.63, 3.8) is 0 Å². The summed E-state index contributed by atoms with van der Waals surface area (Å²) in [7, 11) is 1.45. The highest BCUT2D eigenvalue weighted by Crippen LogP contribution is 2.42. The number of primary amides is 1. The Labute approximate surface area is 247 Å². The van der Waals surface area contributed by atoms with E-state index in [1.165, 1.54) is 13.3 Å². The van der Waals surface area contributed by atoms with Crippen LogP contribution in [-0.4, -0.2) is 36.3 Å². The van der Waals surface area contributed by atoms with Gasteiger partial charge in [0.05, 0.1) is 17.8 Å². The summed E-state index contributed by atoms with van der Waals surface area (Å²) in [5, 5.41) is 4.00. The maximum absolute atomic E-state index is 12.5. The summed E-state index contributed by atoms with van der Waals surface area (Å²) in [5.41, 5.74) is 11.5. The number of hydrogen-bond donors (Lipinski definition) is 2. The molecule has 40 heavy (non-hydrogen) atoms. The molecule has 10 nitrogen and oxygen atoms in total. The van der Waals surface area contributed by atoms with Crippen molar-refractivity contribution < 1.29 is 28.2 Å². The minimum Gasteiger partial charge on any atom is -0.493 e. The molecule has 0 unspecified atom stereocenters. The molecule has 0 spiro atoms. The van der Waals surface area contributed by atoms with Crippen molar-refractivity contribution >= 4 is 49.9 Å². The number of nitrogens with one attached hydrogen (secondary N) is 1. The molecule has 0 saturated heterocycles. The van der Waals surface area contributed by atoms with Crippen molar-refractivity contribution in [1.29, 1.82) is 0 Å². The van der Waals surface area contributed by atoms with Gasteiger partial charge in [0.25, 0.3) is 5.91 Å². The molecule has 0 atom stereocenters. The summed E-state index contributed by atoms with van der Waals surface area (Å²) < 4.78 is 25.4. The third-order valence-electron chi connectivity index (χ3n) is 5.74. The normalized spacial score (nSPS) is 11.0. The Kier molecular flexibility index (Phi) is 9.33. The zero-order chi connectivity index (χ0) is 28.8. The fourth-order valence-corrected chi connectivity index (χ4v) is 4.78. The Balaban J connectivity index is 1.35. The van der Waals surface area contributed by atoms with Crippen LogP contribution in [0.1, 0.15) is 33.3 Å². The summed E-state index contributed by atoms with van der Waals surface area (Å²) in [5.74, 6) is 0.713. The molecule has 0 saturated carbocycles. The van der Waals surface area contributed by atoms with E-state index in [1.54, 1.807) is 18.2 Å². The van der Waals surface area contributed by atoms with Gasteiger partial charge in [0.15, 0.2) is 23.9 Å². The van der Waals surface area contributed by atoms with Crippen LogP contribution >= 0.6 is 31.9 Å². The zero-order valence-electron chi connectivity index (χ0n) is 21.9. The number of carbonyl (C=O) groups excluding carboxylic acids is 2. The number of amides is 2. The first kappa shape index (κ1) is 29.0. The van der Waals surface area contributed by atoms with E-state index in [1.807, 2.05) is 24.3 Å². The third-order valence-corrected chi connectivity index (χ3v) is 7.88. The molecule has 0 aliphatic carbocycles. The number of furan rings is 1. The summed E-state index contributed by atoms with van der Waals surface area (Å²) in [4.78, 5) is 23.6. The number of hydrazone groups is 1.